The van der Waals surface area contributed by atoms with Gasteiger partial charge in [-0.2, -0.15) is 15.0 Å². The first-order valence-electron chi connectivity index (χ1n) is 12.7. The van der Waals surface area contributed by atoms with Crippen LogP contribution < -0.4 is 15.5 Å². The molecular formula is C24H27F2N9O3. The summed E-state index contributed by atoms with van der Waals surface area (Å²) in [5.74, 6) is -0.0637. The minimum atomic E-state index is -2.84. The highest BCUT2D eigenvalue weighted by Crippen LogP contribution is 2.28. The number of carbonyl (C=O) groups is 2. The summed E-state index contributed by atoms with van der Waals surface area (Å²) >= 11 is 0. The number of nitrogens with zero attached hydrogens (tertiary/aromatic N) is 7. The standard InChI is InChI=1S/C24H27F2N9O3/c25-19(26)20-29-15-4-1-2-6-17(15)35(20)24-31-22(30-23(32-24)33-8-10-38-11-9-33)27-14-12-34(13-14)21(37)16-5-3-7-18(36)28-16/h1-2,4,6,14,16,19H,3,5,7-13H2,(H,28,36)(H,27,30,31,32). The van der Waals surface area contributed by atoms with Gasteiger partial charge in [0.15, 0.2) is 5.82 Å². The molecule has 5 heterocycles. The van der Waals surface area contributed by atoms with Gasteiger partial charge in [-0.25, -0.2) is 13.8 Å². The number of rotatable bonds is 6. The molecule has 0 saturated carbocycles. The van der Waals surface area contributed by atoms with Crippen LogP contribution in [0.1, 0.15) is 31.5 Å². The number of para-hydroxylation sites is 2. The van der Waals surface area contributed by atoms with Crippen LogP contribution in [0.2, 0.25) is 0 Å². The molecule has 1 atom stereocenters. The second kappa shape index (κ2) is 10.1. The average Bonchev–Trinajstić information content (AvgIpc) is 3.31. The number of nitrogens with one attached hydrogen (secondary N) is 2. The maximum atomic E-state index is 14.0. The molecular weight excluding hydrogens is 500 g/mol. The third kappa shape index (κ3) is 4.71. The topological polar surface area (TPSA) is 130 Å². The number of aromatic nitrogens is 5. The van der Waals surface area contributed by atoms with Crippen molar-refractivity contribution < 1.29 is 23.1 Å². The van der Waals surface area contributed by atoms with Gasteiger partial charge in [-0.3, -0.25) is 14.2 Å². The van der Waals surface area contributed by atoms with Crippen LogP contribution in [-0.2, 0) is 14.3 Å². The first-order valence-corrected chi connectivity index (χ1v) is 12.7. The van der Waals surface area contributed by atoms with Crippen molar-refractivity contribution in [3.8, 4) is 5.95 Å². The summed E-state index contributed by atoms with van der Waals surface area (Å²) in [5, 5.41) is 5.99. The molecule has 1 aromatic carbocycles. The predicted molar refractivity (Wildman–Crippen MR) is 132 cm³/mol. The van der Waals surface area contributed by atoms with Gasteiger partial charge in [-0.05, 0) is 25.0 Å². The molecule has 0 aliphatic carbocycles. The van der Waals surface area contributed by atoms with E-state index < -0.39 is 18.3 Å². The van der Waals surface area contributed by atoms with Crippen LogP contribution in [0.25, 0.3) is 17.0 Å². The lowest BCUT2D eigenvalue weighted by Gasteiger charge is -2.41. The van der Waals surface area contributed by atoms with Gasteiger partial charge in [0.1, 0.15) is 6.04 Å². The summed E-state index contributed by atoms with van der Waals surface area (Å²) < 4.78 is 34.7. The van der Waals surface area contributed by atoms with Crippen molar-refractivity contribution in [3.05, 3.63) is 30.1 Å². The fourth-order valence-corrected chi connectivity index (χ4v) is 4.97. The van der Waals surface area contributed by atoms with E-state index >= 15 is 0 Å². The smallest absolute Gasteiger partial charge is 0.296 e. The molecule has 0 bridgehead atoms. The number of likely N-dealkylation sites (tertiary alicyclic amines) is 1. The maximum Gasteiger partial charge on any atom is 0.296 e. The summed E-state index contributed by atoms with van der Waals surface area (Å²) in [5.41, 5.74) is 0.872. The second-order valence-corrected chi connectivity index (χ2v) is 9.55. The minimum absolute atomic E-state index is 0.0326. The zero-order valence-electron chi connectivity index (χ0n) is 20.5. The number of ether oxygens (including phenoxy) is 1. The van der Waals surface area contributed by atoms with Crippen molar-refractivity contribution in [1.82, 2.24) is 34.7 Å². The first-order chi connectivity index (χ1) is 18.5. The fourth-order valence-electron chi connectivity index (χ4n) is 4.97. The lowest BCUT2D eigenvalue weighted by molar-refractivity contribution is -0.141. The number of hydrogen-bond donors (Lipinski definition) is 2. The van der Waals surface area contributed by atoms with Crippen LogP contribution in [0.3, 0.4) is 0 Å². The molecule has 6 rings (SSSR count). The molecule has 3 aliphatic heterocycles. The van der Waals surface area contributed by atoms with Gasteiger partial charge in [-0.1, -0.05) is 12.1 Å². The largest absolute Gasteiger partial charge is 0.378 e. The molecule has 14 heteroatoms. The van der Waals surface area contributed by atoms with Gasteiger partial charge >= 0.3 is 0 Å². The van der Waals surface area contributed by atoms with Gasteiger partial charge in [0.05, 0.1) is 30.3 Å². The number of anilines is 2. The highest BCUT2D eigenvalue weighted by molar-refractivity contribution is 5.89. The Hall–Kier alpha value is -3.94. The van der Waals surface area contributed by atoms with Crippen LogP contribution in [0.5, 0.6) is 0 Å². The van der Waals surface area contributed by atoms with Crippen LogP contribution in [0, 0.1) is 0 Å². The van der Waals surface area contributed by atoms with Gasteiger partial charge in [0, 0.05) is 32.6 Å². The van der Waals surface area contributed by atoms with Crippen molar-refractivity contribution in [2.24, 2.45) is 0 Å². The number of halogens is 2. The number of alkyl halides is 2. The van der Waals surface area contributed by atoms with E-state index in [2.05, 4.69) is 30.6 Å². The van der Waals surface area contributed by atoms with E-state index in [1.54, 1.807) is 29.2 Å². The molecule has 2 N–H and O–H groups in total. The van der Waals surface area contributed by atoms with E-state index in [9.17, 15) is 18.4 Å². The van der Waals surface area contributed by atoms with Gasteiger partial charge in [-0.15, -0.1) is 0 Å². The Bertz CT molecular complexity index is 1360. The zero-order valence-corrected chi connectivity index (χ0v) is 20.5. The molecule has 3 fully saturated rings. The molecule has 0 radical (unpaired) electrons. The highest BCUT2D eigenvalue weighted by Gasteiger charge is 2.36. The van der Waals surface area contributed by atoms with Crippen molar-refractivity contribution >= 4 is 34.7 Å². The predicted octanol–water partition coefficient (Wildman–Crippen LogP) is 1.28. The summed E-state index contributed by atoms with van der Waals surface area (Å²) in [6.45, 7) is 2.92. The molecule has 200 valence electrons. The van der Waals surface area contributed by atoms with Crippen LogP contribution in [0.4, 0.5) is 20.7 Å². The van der Waals surface area contributed by atoms with Crippen molar-refractivity contribution in [1.29, 1.82) is 0 Å². The highest BCUT2D eigenvalue weighted by atomic mass is 19.3. The van der Waals surface area contributed by atoms with Gasteiger partial charge < -0.3 is 25.2 Å². The SMILES string of the molecule is O=C1CCCC(C(=O)N2CC(Nc3nc(N4CCOCC4)nc(-n4c(C(F)F)nc5ccccc54)n3)C2)N1. The van der Waals surface area contributed by atoms with Crippen LogP contribution >= 0.6 is 0 Å². The Morgan fingerprint density at radius 3 is 2.61 bits per heavy atom. The number of imidazole rings is 1. The summed E-state index contributed by atoms with van der Waals surface area (Å²) in [6, 6.07) is 6.20. The molecule has 2 amide bonds. The van der Waals surface area contributed by atoms with E-state index in [1.165, 1.54) is 4.57 Å². The van der Waals surface area contributed by atoms with E-state index in [4.69, 9.17) is 4.74 Å². The van der Waals surface area contributed by atoms with Gasteiger partial charge in [0.25, 0.3) is 6.43 Å². The molecule has 2 aromatic heterocycles. The lowest BCUT2D eigenvalue weighted by Crippen LogP contribution is -2.62. The number of amides is 2. The average molecular weight is 528 g/mol. The Balaban J connectivity index is 1.27. The van der Waals surface area contributed by atoms with Crippen LogP contribution in [-0.4, -0.2) is 92.7 Å². The number of benzene rings is 1. The number of fused-ring (bicyclic) bond motifs is 1. The minimum Gasteiger partial charge on any atom is -0.378 e. The second-order valence-electron chi connectivity index (χ2n) is 9.55. The number of carbonyl (C=O) groups excluding carboxylic acids is 2. The molecule has 3 aliphatic rings. The van der Waals surface area contributed by atoms with Crippen molar-refractivity contribution in [3.63, 3.8) is 0 Å². The molecule has 12 nitrogen and oxygen atoms in total. The number of hydrogen-bond acceptors (Lipinski definition) is 9. The monoisotopic (exact) mass is 527 g/mol. The third-order valence-electron chi connectivity index (χ3n) is 6.94. The maximum absolute atomic E-state index is 14.0. The van der Waals surface area contributed by atoms with Crippen LogP contribution in [0.15, 0.2) is 24.3 Å². The molecule has 38 heavy (non-hydrogen) atoms. The quantitative estimate of drug-likeness (QED) is 0.487. The number of piperidine rings is 1. The fraction of sp³-hybridized carbons (Fsp3) is 0.500. The number of morpholine rings is 1. The van der Waals surface area contributed by atoms with Crippen molar-refractivity contribution in [2.75, 3.05) is 49.6 Å². The summed E-state index contributed by atoms with van der Waals surface area (Å²) in [4.78, 5) is 45.8. The Kier molecular flexibility index (Phi) is 6.47. The Morgan fingerprint density at radius 2 is 1.84 bits per heavy atom. The zero-order chi connectivity index (χ0) is 26.2. The van der Waals surface area contributed by atoms with E-state index in [-0.39, 0.29) is 29.8 Å². The summed E-state index contributed by atoms with van der Waals surface area (Å²) in [6.07, 6.45) is -1.07. The molecule has 1 unspecified atom stereocenters. The summed E-state index contributed by atoms with van der Waals surface area (Å²) in [7, 11) is 0. The van der Waals surface area contributed by atoms with E-state index in [0.717, 1.165) is 0 Å². The van der Waals surface area contributed by atoms with Gasteiger partial charge in [0.2, 0.25) is 29.7 Å². The third-order valence-corrected chi connectivity index (χ3v) is 6.94. The Labute approximate surface area is 216 Å². The first kappa shape index (κ1) is 24.4. The Morgan fingerprint density at radius 1 is 1.08 bits per heavy atom. The van der Waals surface area contributed by atoms with E-state index in [1.807, 2.05) is 4.90 Å². The van der Waals surface area contributed by atoms with Crippen molar-refractivity contribution in [2.45, 2.75) is 37.8 Å². The molecule has 3 saturated heterocycles. The normalized spacial score (nSPS) is 20.5. The lowest BCUT2D eigenvalue weighted by atomic mass is 10.0. The van der Waals surface area contributed by atoms with E-state index in [0.29, 0.717) is 75.6 Å². The molecule has 3 aromatic rings. The molecule has 0 spiro atoms.